The molecule has 0 aliphatic carbocycles. The molecule has 0 heterocycles. The third-order valence-corrected chi connectivity index (χ3v) is 2.99. The first kappa shape index (κ1) is 13.8. The Bertz CT molecular complexity index is 389. The fourth-order valence-corrected chi connectivity index (χ4v) is 1.77. The normalized spacial score (nSPS) is 11.9. The quantitative estimate of drug-likeness (QED) is 0.820. The van der Waals surface area contributed by atoms with Gasteiger partial charge in [-0.15, -0.1) is 6.58 Å². The Morgan fingerprint density at radius 1 is 1.53 bits per heavy atom. The number of carbonyl (C=O) groups is 1. The summed E-state index contributed by atoms with van der Waals surface area (Å²) in [5.74, 6) is -1.19. The molecule has 0 amide bonds. The van der Waals surface area contributed by atoms with Gasteiger partial charge in [-0.25, -0.2) is 0 Å². The summed E-state index contributed by atoms with van der Waals surface area (Å²) in [5, 5.41) is 8.93. The summed E-state index contributed by atoms with van der Waals surface area (Å²) in [6, 6.07) is 7.80. The summed E-state index contributed by atoms with van der Waals surface area (Å²) in [7, 11) is 0. The molecule has 0 aliphatic heterocycles. The van der Waals surface area contributed by atoms with Crippen molar-refractivity contribution in [1.82, 2.24) is 0 Å². The average molecular weight is 298 g/mol. The molecule has 0 fully saturated rings. The van der Waals surface area contributed by atoms with Gasteiger partial charge >= 0.3 is 5.97 Å². The minimum Gasteiger partial charge on any atom is -0.481 e. The van der Waals surface area contributed by atoms with Gasteiger partial charge in [0.1, 0.15) is 0 Å². The van der Waals surface area contributed by atoms with Crippen molar-refractivity contribution in [2.24, 2.45) is 5.92 Å². The number of benzene rings is 1. The van der Waals surface area contributed by atoms with E-state index in [-0.39, 0.29) is 0 Å². The number of anilines is 1. The van der Waals surface area contributed by atoms with Crippen LogP contribution in [0.3, 0.4) is 0 Å². The second kappa shape index (κ2) is 6.45. The largest absolute Gasteiger partial charge is 0.481 e. The molecule has 17 heavy (non-hydrogen) atoms. The van der Waals surface area contributed by atoms with Gasteiger partial charge in [0.25, 0.3) is 0 Å². The van der Waals surface area contributed by atoms with Crippen LogP contribution in [0.15, 0.2) is 41.4 Å². The van der Waals surface area contributed by atoms with Crippen LogP contribution in [0.5, 0.6) is 0 Å². The number of aliphatic carboxylic acids is 1. The summed E-state index contributed by atoms with van der Waals surface area (Å²) in [6.45, 7) is 6.52. The lowest BCUT2D eigenvalue weighted by Crippen LogP contribution is -2.31. The van der Waals surface area contributed by atoms with E-state index in [4.69, 9.17) is 5.11 Å². The molecule has 0 bridgehead atoms. The Morgan fingerprint density at radius 2 is 2.12 bits per heavy atom. The first-order valence-corrected chi connectivity index (χ1v) is 6.18. The molecule has 92 valence electrons. The number of hydrogen-bond donors (Lipinski definition) is 1. The van der Waals surface area contributed by atoms with Crippen LogP contribution in [0.25, 0.3) is 0 Å². The van der Waals surface area contributed by atoms with Gasteiger partial charge in [-0.1, -0.05) is 28.9 Å². The highest BCUT2D eigenvalue weighted by molar-refractivity contribution is 9.10. The molecule has 0 aliphatic rings. The number of halogens is 1. The second-order valence-corrected chi connectivity index (χ2v) is 4.83. The highest BCUT2D eigenvalue weighted by atomic mass is 79.9. The van der Waals surface area contributed by atoms with E-state index in [0.29, 0.717) is 13.1 Å². The predicted octanol–water partition coefficient (Wildman–Crippen LogP) is 3.16. The van der Waals surface area contributed by atoms with E-state index >= 15 is 0 Å². The molecule has 0 spiro atoms. The number of nitrogens with zero attached hydrogens (tertiary/aromatic N) is 1. The Hall–Kier alpha value is -1.29. The SMILES string of the molecule is C=CCN(CC(C)C(=O)O)c1ccc(Br)cc1. The van der Waals surface area contributed by atoms with E-state index in [1.807, 2.05) is 29.2 Å². The standard InChI is InChI=1S/C13H16BrNO2/c1-3-8-15(9-10(2)13(16)17)12-6-4-11(14)5-7-12/h3-7,10H,1,8-9H2,2H3,(H,16,17). The molecule has 1 aromatic carbocycles. The Kier molecular flexibility index (Phi) is 5.22. The molecule has 0 radical (unpaired) electrons. The highest BCUT2D eigenvalue weighted by Crippen LogP contribution is 2.19. The maximum atomic E-state index is 10.9. The van der Waals surface area contributed by atoms with Crippen molar-refractivity contribution in [3.63, 3.8) is 0 Å². The number of hydrogen-bond acceptors (Lipinski definition) is 2. The van der Waals surface area contributed by atoms with Crippen LogP contribution in [0.2, 0.25) is 0 Å². The monoisotopic (exact) mass is 297 g/mol. The first-order chi connectivity index (χ1) is 8.04. The third kappa shape index (κ3) is 4.23. The van der Waals surface area contributed by atoms with Crippen LogP contribution >= 0.6 is 15.9 Å². The summed E-state index contributed by atoms with van der Waals surface area (Å²) in [6.07, 6.45) is 1.77. The van der Waals surface area contributed by atoms with Gasteiger partial charge in [0.05, 0.1) is 5.92 Å². The van der Waals surface area contributed by atoms with Crippen LogP contribution in [-0.2, 0) is 4.79 Å². The Balaban J connectivity index is 2.81. The van der Waals surface area contributed by atoms with Crippen molar-refractivity contribution < 1.29 is 9.90 Å². The summed E-state index contributed by atoms with van der Waals surface area (Å²) >= 11 is 3.37. The van der Waals surface area contributed by atoms with Crippen molar-refractivity contribution in [3.8, 4) is 0 Å². The number of carboxylic acid groups (broad SMARTS) is 1. The Morgan fingerprint density at radius 3 is 2.59 bits per heavy atom. The predicted molar refractivity (Wildman–Crippen MR) is 73.4 cm³/mol. The van der Waals surface area contributed by atoms with Crippen LogP contribution in [0, 0.1) is 5.92 Å². The first-order valence-electron chi connectivity index (χ1n) is 5.38. The molecular formula is C13H16BrNO2. The smallest absolute Gasteiger partial charge is 0.308 e. The zero-order valence-electron chi connectivity index (χ0n) is 9.77. The van der Waals surface area contributed by atoms with Crippen molar-refractivity contribution in [2.45, 2.75) is 6.92 Å². The zero-order chi connectivity index (χ0) is 12.8. The fraction of sp³-hybridized carbons (Fsp3) is 0.308. The summed E-state index contributed by atoms with van der Waals surface area (Å²) in [4.78, 5) is 12.9. The molecule has 1 unspecified atom stereocenters. The van der Waals surface area contributed by atoms with Gasteiger partial charge in [-0.05, 0) is 24.3 Å². The molecule has 1 N–H and O–H groups in total. The van der Waals surface area contributed by atoms with E-state index in [1.165, 1.54) is 0 Å². The Labute approximate surface area is 110 Å². The van der Waals surface area contributed by atoms with Gasteiger partial charge in [0, 0.05) is 23.2 Å². The molecule has 1 atom stereocenters. The molecule has 0 aromatic heterocycles. The highest BCUT2D eigenvalue weighted by Gasteiger charge is 2.15. The average Bonchev–Trinajstić information content (AvgIpc) is 2.29. The summed E-state index contributed by atoms with van der Waals surface area (Å²) < 4.78 is 1.01. The van der Waals surface area contributed by atoms with E-state index in [1.54, 1.807) is 13.0 Å². The van der Waals surface area contributed by atoms with Crippen molar-refractivity contribution in [2.75, 3.05) is 18.0 Å². The molecule has 0 saturated heterocycles. The molecule has 1 aromatic rings. The van der Waals surface area contributed by atoms with Crippen molar-refractivity contribution in [3.05, 3.63) is 41.4 Å². The van der Waals surface area contributed by atoms with Crippen molar-refractivity contribution in [1.29, 1.82) is 0 Å². The van der Waals surface area contributed by atoms with Gasteiger partial charge in [-0.2, -0.15) is 0 Å². The van der Waals surface area contributed by atoms with Gasteiger partial charge in [0.2, 0.25) is 0 Å². The minimum atomic E-state index is -0.781. The maximum absolute atomic E-state index is 10.9. The van der Waals surface area contributed by atoms with Gasteiger partial charge in [0.15, 0.2) is 0 Å². The lowest BCUT2D eigenvalue weighted by atomic mass is 10.1. The topological polar surface area (TPSA) is 40.5 Å². The van der Waals surface area contributed by atoms with Gasteiger partial charge < -0.3 is 10.0 Å². The molecule has 0 saturated carbocycles. The minimum absolute atomic E-state index is 0.404. The molecular weight excluding hydrogens is 282 g/mol. The molecule has 1 rings (SSSR count). The van der Waals surface area contributed by atoms with E-state index in [0.717, 1.165) is 10.2 Å². The lowest BCUT2D eigenvalue weighted by Gasteiger charge is -2.25. The van der Waals surface area contributed by atoms with Gasteiger partial charge in [-0.3, -0.25) is 4.79 Å². The van der Waals surface area contributed by atoms with Crippen molar-refractivity contribution >= 4 is 27.6 Å². The fourth-order valence-electron chi connectivity index (χ4n) is 1.50. The summed E-state index contributed by atoms with van der Waals surface area (Å²) in [5.41, 5.74) is 1.00. The second-order valence-electron chi connectivity index (χ2n) is 3.91. The molecule has 3 nitrogen and oxygen atoms in total. The zero-order valence-corrected chi connectivity index (χ0v) is 11.4. The van der Waals surface area contributed by atoms with Crippen LogP contribution in [-0.4, -0.2) is 24.2 Å². The van der Waals surface area contributed by atoms with Crippen LogP contribution in [0.4, 0.5) is 5.69 Å². The van der Waals surface area contributed by atoms with E-state index in [9.17, 15) is 4.79 Å². The maximum Gasteiger partial charge on any atom is 0.308 e. The lowest BCUT2D eigenvalue weighted by molar-refractivity contribution is -0.140. The molecule has 4 heteroatoms. The number of carboxylic acids is 1. The van der Waals surface area contributed by atoms with E-state index in [2.05, 4.69) is 22.5 Å². The van der Waals surface area contributed by atoms with E-state index < -0.39 is 11.9 Å². The van der Waals surface area contributed by atoms with Crippen LogP contribution in [0.1, 0.15) is 6.92 Å². The third-order valence-electron chi connectivity index (χ3n) is 2.46. The van der Waals surface area contributed by atoms with Crippen LogP contribution < -0.4 is 4.90 Å². The number of rotatable bonds is 6.